The van der Waals surface area contributed by atoms with Gasteiger partial charge in [0.25, 0.3) is 0 Å². The van der Waals surface area contributed by atoms with Crippen molar-refractivity contribution in [2.45, 2.75) is 42.4 Å². The molecular weight excluding hydrogens is 261 g/mol. The van der Waals surface area contributed by atoms with E-state index in [-0.39, 0.29) is 0 Å². The maximum Gasteiger partial charge on any atom is 0.0115 e. The summed E-state index contributed by atoms with van der Waals surface area (Å²) in [5, 5.41) is 3.56. The highest BCUT2D eigenvalue weighted by Gasteiger charge is 2.36. The van der Waals surface area contributed by atoms with Crippen LogP contribution in [0.3, 0.4) is 0 Å². The highest BCUT2D eigenvalue weighted by molar-refractivity contribution is 14.1. The van der Waals surface area contributed by atoms with Crippen molar-refractivity contribution in [3.05, 3.63) is 0 Å². The molecule has 2 aliphatic rings. The van der Waals surface area contributed by atoms with E-state index in [1.807, 2.05) is 0 Å². The SMILES string of the molecule is IC1CCCC2(CCCNC2)C1. The molecule has 2 rings (SSSR count). The zero-order valence-corrected chi connectivity index (χ0v) is 9.77. The smallest absolute Gasteiger partial charge is 0.0115 e. The van der Waals surface area contributed by atoms with Gasteiger partial charge in [-0.1, -0.05) is 29.0 Å². The van der Waals surface area contributed by atoms with Gasteiger partial charge in [-0.05, 0) is 44.1 Å². The predicted molar refractivity (Wildman–Crippen MR) is 60.8 cm³/mol. The van der Waals surface area contributed by atoms with Gasteiger partial charge >= 0.3 is 0 Å². The lowest BCUT2D eigenvalue weighted by Crippen LogP contribution is -2.43. The molecule has 0 amide bonds. The molecule has 1 saturated heterocycles. The van der Waals surface area contributed by atoms with Gasteiger partial charge in [0.05, 0.1) is 0 Å². The van der Waals surface area contributed by atoms with Crippen molar-refractivity contribution in [1.82, 2.24) is 5.32 Å². The van der Waals surface area contributed by atoms with E-state index in [9.17, 15) is 0 Å². The van der Waals surface area contributed by atoms with E-state index in [0.717, 1.165) is 3.92 Å². The number of alkyl halides is 1. The molecule has 0 aromatic carbocycles. The van der Waals surface area contributed by atoms with Crippen LogP contribution in [0.1, 0.15) is 38.5 Å². The second kappa shape index (κ2) is 3.82. The van der Waals surface area contributed by atoms with Gasteiger partial charge in [0, 0.05) is 10.5 Å². The summed E-state index contributed by atoms with van der Waals surface area (Å²) in [6, 6.07) is 0. The van der Waals surface area contributed by atoms with Gasteiger partial charge in [0.1, 0.15) is 0 Å². The molecule has 0 aromatic rings. The van der Waals surface area contributed by atoms with Crippen LogP contribution >= 0.6 is 22.6 Å². The molecule has 2 unspecified atom stereocenters. The van der Waals surface area contributed by atoms with Gasteiger partial charge in [-0.15, -0.1) is 0 Å². The lowest BCUT2D eigenvalue weighted by Gasteiger charge is -2.42. The first-order chi connectivity index (χ1) is 5.81. The minimum atomic E-state index is 0.711. The number of hydrogen-bond acceptors (Lipinski definition) is 1. The Kier molecular flexibility index (Phi) is 2.95. The molecular formula is C10H18IN. The Morgan fingerprint density at radius 2 is 2.08 bits per heavy atom. The normalized spacial score (nSPS) is 43.2. The summed E-state index contributed by atoms with van der Waals surface area (Å²) in [7, 11) is 0. The molecule has 1 N–H and O–H groups in total. The van der Waals surface area contributed by atoms with E-state index in [0.29, 0.717) is 5.41 Å². The van der Waals surface area contributed by atoms with E-state index in [2.05, 4.69) is 27.9 Å². The zero-order chi connectivity index (χ0) is 8.44. The third-order valence-electron chi connectivity index (χ3n) is 3.44. The molecule has 0 aromatic heterocycles. The second-order valence-electron chi connectivity index (χ2n) is 4.47. The molecule has 1 aliphatic heterocycles. The van der Waals surface area contributed by atoms with Crippen LogP contribution in [0.5, 0.6) is 0 Å². The maximum atomic E-state index is 3.56. The van der Waals surface area contributed by atoms with Gasteiger partial charge in [-0.2, -0.15) is 0 Å². The van der Waals surface area contributed by atoms with E-state index >= 15 is 0 Å². The predicted octanol–water partition coefficient (Wildman–Crippen LogP) is 2.73. The van der Waals surface area contributed by atoms with Crippen molar-refractivity contribution < 1.29 is 0 Å². The van der Waals surface area contributed by atoms with Crippen LogP contribution in [0, 0.1) is 5.41 Å². The molecule has 2 heteroatoms. The van der Waals surface area contributed by atoms with Crippen molar-refractivity contribution in [2.75, 3.05) is 13.1 Å². The first kappa shape index (κ1) is 9.25. The summed E-state index contributed by atoms with van der Waals surface area (Å²) in [6.07, 6.45) is 8.78. The van der Waals surface area contributed by atoms with Crippen molar-refractivity contribution in [2.24, 2.45) is 5.41 Å². The Labute approximate surface area is 88.8 Å². The third-order valence-corrected chi connectivity index (χ3v) is 4.50. The number of nitrogens with one attached hydrogen (secondary N) is 1. The summed E-state index contributed by atoms with van der Waals surface area (Å²) in [5.74, 6) is 0. The minimum absolute atomic E-state index is 0.711. The summed E-state index contributed by atoms with van der Waals surface area (Å²) in [4.78, 5) is 0. The van der Waals surface area contributed by atoms with Crippen LogP contribution in [0.15, 0.2) is 0 Å². The van der Waals surface area contributed by atoms with Gasteiger partial charge in [0.2, 0.25) is 0 Å². The van der Waals surface area contributed by atoms with Crippen LogP contribution < -0.4 is 5.32 Å². The second-order valence-corrected chi connectivity index (χ2v) is 6.24. The van der Waals surface area contributed by atoms with E-state index in [1.165, 1.54) is 51.6 Å². The van der Waals surface area contributed by atoms with Gasteiger partial charge < -0.3 is 5.32 Å². The Balaban J connectivity index is 1.97. The highest BCUT2D eigenvalue weighted by atomic mass is 127. The molecule has 1 nitrogen and oxygen atoms in total. The van der Waals surface area contributed by atoms with Gasteiger partial charge in [0.15, 0.2) is 0 Å². The molecule has 70 valence electrons. The first-order valence-electron chi connectivity index (χ1n) is 5.16. The third kappa shape index (κ3) is 1.95. The fraction of sp³-hybridized carbons (Fsp3) is 1.00. The quantitative estimate of drug-likeness (QED) is 0.531. The summed E-state index contributed by atoms with van der Waals surface area (Å²) < 4.78 is 0.955. The fourth-order valence-corrected chi connectivity index (χ4v) is 4.17. The summed E-state index contributed by atoms with van der Waals surface area (Å²) >= 11 is 2.64. The lowest BCUT2D eigenvalue weighted by atomic mass is 9.70. The van der Waals surface area contributed by atoms with Gasteiger partial charge in [-0.3, -0.25) is 0 Å². The number of piperidine rings is 1. The largest absolute Gasteiger partial charge is 0.316 e. The van der Waals surface area contributed by atoms with E-state index < -0.39 is 0 Å². The van der Waals surface area contributed by atoms with Gasteiger partial charge in [-0.25, -0.2) is 0 Å². The van der Waals surface area contributed by atoms with E-state index in [1.54, 1.807) is 0 Å². The Bertz CT molecular complexity index is 146. The Morgan fingerprint density at radius 3 is 2.75 bits per heavy atom. The van der Waals surface area contributed by atoms with E-state index in [4.69, 9.17) is 0 Å². The van der Waals surface area contributed by atoms with Crippen molar-refractivity contribution in [3.8, 4) is 0 Å². The van der Waals surface area contributed by atoms with Crippen LogP contribution in [0.2, 0.25) is 0 Å². The summed E-state index contributed by atoms with van der Waals surface area (Å²) in [5.41, 5.74) is 0.711. The van der Waals surface area contributed by atoms with Crippen molar-refractivity contribution in [1.29, 1.82) is 0 Å². The first-order valence-corrected chi connectivity index (χ1v) is 6.40. The topological polar surface area (TPSA) is 12.0 Å². The highest BCUT2D eigenvalue weighted by Crippen LogP contribution is 2.43. The van der Waals surface area contributed by atoms with Crippen LogP contribution in [-0.2, 0) is 0 Å². The number of halogens is 1. The molecule has 1 saturated carbocycles. The van der Waals surface area contributed by atoms with Crippen molar-refractivity contribution in [3.63, 3.8) is 0 Å². The Hall–Kier alpha value is 0.690. The summed E-state index contributed by atoms with van der Waals surface area (Å²) in [6.45, 7) is 2.56. The van der Waals surface area contributed by atoms with Crippen LogP contribution in [-0.4, -0.2) is 17.0 Å². The lowest BCUT2D eigenvalue weighted by molar-refractivity contribution is 0.147. The van der Waals surface area contributed by atoms with Crippen LogP contribution in [0.25, 0.3) is 0 Å². The zero-order valence-electron chi connectivity index (χ0n) is 7.61. The monoisotopic (exact) mass is 279 g/mol. The molecule has 2 fully saturated rings. The molecule has 12 heavy (non-hydrogen) atoms. The average Bonchev–Trinajstić information content (AvgIpc) is 2.05. The molecule has 1 aliphatic carbocycles. The number of hydrogen-bond donors (Lipinski definition) is 1. The number of rotatable bonds is 0. The fourth-order valence-electron chi connectivity index (χ4n) is 2.79. The minimum Gasteiger partial charge on any atom is -0.316 e. The maximum absolute atomic E-state index is 3.56. The Morgan fingerprint density at radius 1 is 1.25 bits per heavy atom. The molecule has 0 bridgehead atoms. The molecule has 0 radical (unpaired) electrons. The molecule has 1 spiro atoms. The molecule has 2 atom stereocenters. The van der Waals surface area contributed by atoms with Crippen LogP contribution in [0.4, 0.5) is 0 Å². The standard InChI is InChI=1S/C10H18IN/c11-9-3-1-4-10(7-9)5-2-6-12-8-10/h9,12H,1-8H2. The average molecular weight is 279 g/mol. The molecule has 1 heterocycles. The van der Waals surface area contributed by atoms with Crippen molar-refractivity contribution >= 4 is 22.6 Å².